The highest BCUT2D eigenvalue weighted by Gasteiger charge is 2.21. The first-order valence-electron chi connectivity index (χ1n) is 10.0. The zero-order valence-corrected chi connectivity index (χ0v) is 20.0. The van der Waals surface area contributed by atoms with Crippen LogP contribution in [0.4, 0.5) is 0 Å². The van der Waals surface area contributed by atoms with Crippen LogP contribution in [0.25, 0.3) is 0 Å². The molecule has 1 aliphatic heterocycles. The number of hydrogen-bond donors (Lipinski definition) is 2. The number of rotatable bonds is 7. The van der Waals surface area contributed by atoms with Crippen molar-refractivity contribution in [1.29, 1.82) is 0 Å². The molecule has 0 aromatic heterocycles. The Kier molecular flexibility index (Phi) is 11.4. The normalized spacial score (nSPS) is 18.7. The first kappa shape index (κ1) is 24.7. The molecular formula is C21H36IN5O. The average Bonchev–Trinajstić information content (AvgIpc) is 2.66. The van der Waals surface area contributed by atoms with E-state index in [1.807, 2.05) is 0 Å². The van der Waals surface area contributed by atoms with Crippen molar-refractivity contribution in [2.45, 2.75) is 51.7 Å². The number of likely N-dealkylation sites (N-methyl/N-ethyl adjacent to an activating group) is 1. The largest absolute Gasteiger partial charge is 0.354 e. The highest BCUT2D eigenvalue weighted by atomic mass is 127. The minimum atomic E-state index is 0. The fourth-order valence-corrected chi connectivity index (χ4v) is 3.11. The van der Waals surface area contributed by atoms with E-state index in [0.29, 0.717) is 12.1 Å². The van der Waals surface area contributed by atoms with Crippen molar-refractivity contribution < 1.29 is 4.79 Å². The summed E-state index contributed by atoms with van der Waals surface area (Å²) in [6.45, 7) is 7.52. The molecule has 0 radical (unpaired) electrons. The molecule has 2 N–H and O–H groups in total. The van der Waals surface area contributed by atoms with E-state index in [9.17, 15) is 4.79 Å². The molecule has 7 heteroatoms. The van der Waals surface area contributed by atoms with Gasteiger partial charge in [-0.1, -0.05) is 37.3 Å². The van der Waals surface area contributed by atoms with Crippen LogP contribution in [0.15, 0.2) is 35.3 Å². The van der Waals surface area contributed by atoms with Crippen molar-refractivity contribution in [3.8, 4) is 0 Å². The van der Waals surface area contributed by atoms with Crippen LogP contribution in [0, 0.1) is 0 Å². The van der Waals surface area contributed by atoms with Crippen molar-refractivity contribution in [3.63, 3.8) is 0 Å². The van der Waals surface area contributed by atoms with Gasteiger partial charge >= 0.3 is 0 Å². The Hall–Kier alpha value is -1.35. The van der Waals surface area contributed by atoms with Gasteiger partial charge in [0.2, 0.25) is 5.91 Å². The van der Waals surface area contributed by atoms with Crippen molar-refractivity contribution in [1.82, 2.24) is 20.4 Å². The predicted octanol–water partition coefficient (Wildman–Crippen LogP) is 2.69. The van der Waals surface area contributed by atoms with Crippen LogP contribution in [0.1, 0.15) is 38.7 Å². The lowest BCUT2D eigenvalue weighted by Crippen LogP contribution is -2.52. The molecule has 0 bridgehead atoms. The summed E-state index contributed by atoms with van der Waals surface area (Å²) in [5.41, 5.74) is 1.35. The molecule has 2 rings (SSSR count). The molecule has 1 heterocycles. The van der Waals surface area contributed by atoms with Crippen molar-refractivity contribution in [2.24, 2.45) is 4.99 Å². The Balaban J connectivity index is 0.00000392. The van der Waals surface area contributed by atoms with Gasteiger partial charge in [0.25, 0.3) is 0 Å². The maximum Gasteiger partial charge on any atom is 0.243 e. The van der Waals surface area contributed by atoms with Gasteiger partial charge in [-0.15, -0.1) is 24.0 Å². The Morgan fingerprint density at radius 2 is 2.04 bits per heavy atom. The number of carbonyl (C=O) groups excluding carboxylic acids is 1. The molecule has 1 saturated heterocycles. The van der Waals surface area contributed by atoms with Gasteiger partial charge in [0.05, 0.1) is 0 Å². The second-order valence-corrected chi connectivity index (χ2v) is 7.61. The lowest BCUT2D eigenvalue weighted by molar-refractivity contribution is -0.127. The molecule has 1 aromatic rings. The van der Waals surface area contributed by atoms with Crippen LogP contribution in [0.2, 0.25) is 0 Å². The van der Waals surface area contributed by atoms with Crippen LogP contribution in [-0.4, -0.2) is 67.5 Å². The summed E-state index contributed by atoms with van der Waals surface area (Å²) in [7, 11) is 3.52. The number of amides is 1. The van der Waals surface area contributed by atoms with Crippen LogP contribution in [-0.2, 0) is 11.3 Å². The summed E-state index contributed by atoms with van der Waals surface area (Å²) >= 11 is 0. The van der Waals surface area contributed by atoms with E-state index in [-0.39, 0.29) is 36.4 Å². The lowest BCUT2D eigenvalue weighted by atomic mass is 10.0. The zero-order valence-electron chi connectivity index (χ0n) is 17.6. The lowest BCUT2D eigenvalue weighted by Gasteiger charge is -2.34. The van der Waals surface area contributed by atoms with Gasteiger partial charge in [0, 0.05) is 39.3 Å². The number of piperidine rings is 1. The molecule has 28 heavy (non-hydrogen) atoms. The Bertz CT molecular complexity index is 608. The fourth-order valence-electron chi connectivity index (χ4n) is 3.11. The summed E-state index contributed by atoms with van der Waals surface area (Å²) in [5, 5.41) is 6.98. The third-order valence-electron chi connectivity index (χ3n) is 4.96. The second-order valence-electron chi connectivity index (χ2n) is 7.61. The highest BCUT2D eigenvalue weighted by molar-refractivity contribution is 14.0. The molecule has 1 aliphatic rings. The number of likely N-dealkylation sites (tertiary alicyclic amines) is 1. The molecule has 6 nitrogen and oxygen atoms in total. The van der Waals surface area contributed by atoms with Gasteiger partial charge < -0.3 is 15.5 Å². The minimum Gasteiger partial charge on any atom is -0.354 e. The van der Waals surface area contributed by atoms with E-state index in [1.165, 1.54) is 5.56 Å². The van der Waals surface area contributed by atoms with Crippen LogP contribution >= 0.6 is 24.0 Å². The quantitative estimate of drug-likeness (QED) is 0.343. The van der Waals surface area contributed by atoms with Crippen LogP contribution in [0.3, 0.4) is 0 Å². The summed E-state index contributed by atoms with van der Waals surface area (Å²) in [6, 6.07) is 11.3. The summed E-state index contributed by atoms with van der Waals surface area (Å²) in [5.74, 6) is 0.751. The molecule has 0 spiro atoms. The van der Waals surface area contributed by atoms with Crippen molar-refractivity contribution >= 4 is 35.8 Å². The number of benzene rings is 1. The van der Waals surface area contributed by atoms with E-state index in [4.69, 9.17) is 0 Å². The predicted molar refractivity (Wildman–Crippen MR) is 127 cm³/mol. The van der Waals surface area contributed by atoms with Gasteiger partial charge in [-0.2, -0.15) is 0 Å². The second kappa shape index (κ2) is 13.0. The van der Waals surface area contributed by atoms with E-state index in [1.54, 1.807) is 19.0 Å². The topological polar surface area (TPSA) is 60.0 Å². The maximum atomic E-state index is 11.9. The molecule has 2 atom stereocenters. The average molecular weight is 501 g/mol. The van der Waals surface area contributed by atoms with E-state index in [2.05, 4.69) is 64.7 Å². The monoisotopic (exact) mass is 501 g/mol. The molecule has 158 valence electrons. The number of nitrogens with one attached hydrogen (secondary N) is 2. The van der Waals surface area contributed by atoms with Crippen LogP contribution in [0.5, 0.6) is 0 Å². The SMILES string of the molecule is CCC(C)NC(=NCC(=O)N(C)C)NC1CCCN(Cc2ccccc2)C1.I. The number of guanidine groups is 1. The Morgan fingerprint density at radius 1 is 1.32 bits per heavy atom. The first-order valence-corrected chi connectivity index (χ1v) is 10.0. The van der Waals surface area contributed by atoms with Gasteiger partial charge in [0.1, 0.15) is 6.54 Å². The molecule has 1 amide bonds. The molecule has 1 aromatic carbocycles. The number of hydrogen-bond acceptors (Lipinski definition) is 3. The highest BCUT2D eigenvalue weighted by Crippen LogP contribution is 2.13. The molecule has 1 fully saturated rings. The molecule has 2 unspecified atom stereocenters. The Morgan fingerprint density at radius 3 is 2.68 bits per heavy atom. The van der Waals surface area contributed by atoms with Gasteiger partial charge in [0.15, 0.2) is 5.96 Å². The standard InChI is InChI=1S/C21H35N5O.HI/c1-5-17(2)23-21(22-14-20(27)25(3)4)24-19-12-9-13-26(16-19)15-18-10-7-6-8-11-18;/h6-8,10-11,17,19H,5,9,12-16H2,1-4H3,(H2,22,23,24);1H. The Labute approximate surface area is 187 Å². The van der Waals surface area contributed by atoms with Gasteiger partial charge in [-0.05, 0) is 38.3 Å². The first-order chi connectivity index (χ1) is 13.0. The summed E-state index contributed by atoms with van der Waals surface area (Å²) in [6.07, 6.45) is 3.29. The maximum absolute atomic E-state index is 11.9. The minimum absolute atomic E-state index is 0. The van der Waals surface area contributed by atoms with Crippen molar-refractivity contribution in [3.05, 3.63) is 35.9 Å². The van der Waals surface area contributed by atoms with Gasteiger partial charge in [-0.3, -0.25) is 9.69 Å². The summed E-state index contributed by atoms with van der Waals surface area (Å²) < 4.78 is 0. The van der Waals surface area contributed by atoms with E-state index >= 15 is 0 Å². The molecule has 0 saturated carbocycles. The fraction of sp³-hybridized carbons (Fsp3) is 0.619. The van der Waals surface area contributed by atoms with Crippen molar-refractivity contribution in [2.75, 3.05) is 33.7 Å². The number of aliphatic imine (C=N–C) groups is 1. The third kappa shape index (κ3) is 8.77. The number of carbonyl (C=O) groups is 1. The van der Waals surface area contributed by atoms with Crippen LogP contribution < -0.4 is 10.6 Å². The molecular weight excluding hydrogens is 465 g/mol. The van der Waals surface area contributed by atoms with E-state index < -0.39 is 0 Å². The molecule has 0 aliphatic carbocycles. The summed E-state index contributed by atoms with van der Waals surface area (Å²) in [4.78, 5) is 20.5. The third-order valence-corrected chi connectivity index (χ3v) is 4.96. The number of nitrogens with zero attached hydrogens (tertiary/aromatic N) is 3. The zero-order chi connectivity index (χ0) is 19.6. The van der Waals surface area contributed by atoms with Gasteiger partial charge in [-0.25, -0.2) is 4.99 Å². The number of halogens is 1. The van der Waals surface area contributed by atoms with E-state index in [0.717, 1.165) is 44.9 Å². The smallest absolute Gasteiger partial charge is 0.243 e.